The van der Waals surface area contributed by atoms with Gasteiger partial charge < -0.3 is 19.9 Å². The highest BCUT2D eigenvalue weighted by Gasteiger charge is 2.32. The third-order valence-electron chi connectivity index (χ3n) is 8.06. The van der Waals surface area contributed by atoms with Gasteiger partial charge in [0, 0.05) is 23.3 Å². The van der Waals surface area contributed by atoms with Crippen LogP contribution in [-0.2, 0) is 9.47 Å². The second-order valence-corrected chi connectivity index (χ2v) is 13.5. The van der Waals surface area contributed by atoms with Crippen molar-refractivity contribution in [1.82, 2.24) is 9.97 Å². The van der Waals surface area contributed by atoms with Gasteiger partial charge in [0.25, 0.3) is 0 Å². The van der Waals surface area contributed by atoms with E-state index in [1.165, 1.54) is 12.1 Å². The maximum absolute atomic E-state index is 14.7. The Bertz CT molecular complexity index is 2600. The van der Waals surface area contributed by atoms with E-state index in [1.54, 1.807) is 27.7 Å². The lowest BCUT2D eigenvalue weighted by atomic mass is 10.0. The van der Waals surface area contributed by atoms with Crippen LogP contribution in [0, 0.1) is 46.5 Å². The van der Waals surface area contributed by atoms with Gasteiger partial charge in [-0.25, -0.2) is 64.4 Å². The van der Waals surface area contributed by atoms with Gasteiger partial charge in [0.15, 0.2) is 0 Å². The lowest BCUT2D eigenvalue weighted by molar-refractivity contribution is 0.0525. The number of pyridine rings is 2. The van der Waals surface area contributed by atoms with Crippen LogP contribution in [0.4, 0.5) is 62.9 Å². The van der Waals surface area contributed by atoms with E-state index < -0.39 is 81.5 Å². The minimum absolute atomic E-state index is 0.00358. The lowest BCUT2D eigenvalue weighted by Crippen LogP contribution is -2.35. The van der Waals surface area contributed by atoms with Crippen LogP contribution in [0.1, 0.15) is 48.4 Å². The number of hydrogen-bond acceptors (Lipinski definition) is 8. The van der Waals surface area contributed by atoms with Gasteiger partial charge in [-0.3, -0.25) is 0 Å². The fourth-order valence-corrected chi connectivity index (χ4v) is 5.48. The fourth-order valence-electron chi connectivity index (χ4n) is 5.48. The molecule has 0 bridgehead atoms. The number of aromatic nitrogens is 2. The maximum Gasteiger partial charge on any atom is 0.420 e. The molecule has 316 valence electrons. The number of aromatic carboxylic acids is 1. The molecule has 0 radical (unpaired) electrons. The van der Waals surface area contributed by atoms with E-state index in [-0.39, 0.29) is 51.9 Å². The number of carboxylic acids is 1. The van der Waals surface area contributed by atoms with E-state index in [1.807, 2.05) is 0 Å². The highest BCUT2D eigenvalue weighted by molar-refractivity contribution is 5.99. The summed E-state index contributed by atoms with van der Waals surface area (Å²) >= 11 is 0. The van der Waals surface area contributed by atoms with Crippen LogP contribution in [0.5, 0.6) is 0 Å². The molecule has 4 aromatic carbocycles. The van der Waals surface area contributed by atoms with Crippen LogP contribution >= 0.6 is 0 Å². The molecule has 2 heterocycles. The first-order valence-electron chi connectivity index (χ1n) is 17.8. The number of amides is 1. The summed E-state index contributed by atoms with van der Waals surface area (Å²) in [7, 11) is 0. The molecule has 6 aromatic rings. The molecule has 18 heteroatoms. The Balaban J connectivity index is 0.000000241. The smallest absolute Gasteiger partial charge is 0.420 e. The first kappa shape index (κ1) is 44.7. The summed E-state index contributed by atoms with van der Waals surface area (Å²) in [6, 6.07) is 15.9. The molecule has 0 spiro atoms. The molecular weight excluding hydrogens is 820 g/mol. The van der Waals surface area contributed by atoms with E-state index in [9.17, 15) is 54.6 Å². The number of nitrogens with one attached hydrogen (secondary N) is 1. The van der Waals surface area contributed by atoms with E-state index in [4.69, 9.17) is 9.47 Å². The molecule has 61 heavy (non-hydrogen) atoms. The molecule has 0 fully saturated rings. The summed E-state index contributed by atoms with van der Waals surface area (Å²) in [5, 5.41) is 11.7. The summed E-state index contributed by atoms with van der Waals surface area (Å²) in [5.74, 6) is -10.5. The van der Waals surface area contributed by atoms with Gasteiger partial charge >= 0.3 is 18.0 Å². The van der Waals surface area contributed by atoms with Crippen LogP contribution in [0.2, 0.25) is 0 Å². The molecular formula is C43H32F8N4O6. The lowest BCUT2D eigenvalue weighted by Gasteiger charge is -2.27. The molecule has 0 atom stereocenters. The van der Waals surface area contributed by atoms with Crippen molar-refractivity contribution in [2.24, 2.45) is 0 Å². The van der Waals surface area contributed by atoms with Crippen molar-refractivity contribution >= 4 is 41.0 Å². The number of benzene rings is 4. The van der Waals surface area contributed by atoms with Crippen LogP contribution in [0.15, 0.2) is 97.1 Å². The molecule has 6 rings (SSSR count). The number of para-hydroxylation sites is 2. The van der Waals surface area contributed by atoms with Crippen molar-refractivity contribution in [2.75, 3.05) is 16.8 Å². The van der Waals surface area contributed by atoms with Gasteiger partial charge in [-0.15, -0.1) is 0 Å². The number of carboxylic acid groups (broad SMARTS) is 1. The number of carbonyl (C=O) groups excluding carboxylic acids is 2. The number of anilines is 4. The minimum atomic E-state index is -1.39. The summed E-state index contributed by atoms with van der Waals surface area (Å²) in [4.78, 5) is 45.6. The topological polar surface area (TPSA) is 131 Å². The predicted octanol–water partition coefficient (Wildman–Crippen LogP) is 11.3. The average molecular weight is 853 g/mol. The molecule has 1 amide bonds. The highest BCUT2D eigenvalue weighted by Crippen LogP contribution is 2.35. The van der Waals surface area contributed by atoms with Crippen molar-refractivity contribution in [2.45, 2.75) is 33.3 Å². The minimum Gasteiger partial charge on any atom is -0.478 e. The molecule has 2 N–H and O–H groups in total. The van der Waals surface area contributed by atoms with E-state index in [0.717, 1.165) is 72.8 Å². The predicted molar refractivity (Wildman–Crippen MR) is 206 cm³/mol. The summed E-state index contributed by atoms with van der Waals surface area (Å²) in [5.41, 5.74) is -4.09. The summed E-state index contributed by atoms with van der Waals surface area (Å²) < 4.78 is 123. The Morgan fingerprint density at radius 1 is 0.656 bits per heavy atom. The summed E-state index contributed by atoms with van der Waals surface area (Å²) in [6.45, 7) is 6.21. The normalized spacial score (nSPS) is 11.0. The zero-order valence-electron chi connectivity index (χ0n) is 32.3. The molecule has 10 nitrogen and oxygen atoms in total. The van der Waals surface area contributed by atoms with Crippen LogP contribution in [0.25, 0.3) is 22.5 Å². The van der Waals surface area contributed by atoms with Crippen molar-refractivity contribution in [3.63, 3.8) is 0 Å². The molecule has 0 aliphatic heterocycles. The van der Waals surface area contributed by atoms with Gasteiger partial charge in [-0.1, -0.05) is 12.1 Å². The van der Waals surface area contributed by atoms with Crippen molar-refractivity contribution in [3.8, 4) is 22.5 Å². The summed E-state index contributed by atoms with van der Waals surface area (Å²) in [6.07, 6.45) is -1.18. The van der Waals surface area contributed by atoms with Gasteiger partial charge in [0.1, 0.15) is 75.1 Å². The van der Waals surface area contributed by atoms with Gasteiger partial charge in [-0.2, -0.15) is 0 Å². The van der Waals surface area contributed by atoms with E-state index in [0.29, 0.717) is 17.0 Å². The average Bonchev–Trinajstić information content (AvgIpc) is 3.17. The highest BCUT2D eigenvalue weighted by atomic mass is 19.2. The van der Waals surface area contributed by atoms with Gasteiger partial charge in [0.2, 0.25) is 0 Å². The number of carbonyl (C=O) groups is 3. The molecule has 0 unspecified atom stereocenters. The Labute approximate surface area is 342 Å². The number of hydrogen-bond donors (Lipinski definition) is 2. The second kappa shape index (κ2) is 18.7. The zero-order chi connectivity index (χ0) is 44.8. The molecule has 0 aliphatic rings. The number of ether oxygens (including phenoxy) is 2. The third-order valence-corrected chi connectivity index (χ3v) is 8.06. The molecule has 0 saturated carbocycles. The molecule has 2 aromatic heterocycles. The zero-order valence-corrected chi connectivity index (χ0v) is 32.3. The van der Waals surface area contributed by atoms with E-state index >= 15 is 0 Å². The number of esters is 1. The quantitative estimate of drug-likeness (QED) is 0.108. The Hall–Kier alpha value is -7.37. The molecule has 0 aliphatic carbocycles. The SMILES string of the molecule is CCOC(=O)c1ccc(N(C(=O)OC(C)(C)C)c2c(F)cccc2F)nc1-c1ccc(F)cc1F.O=C(O)c1ccc(Nc2c(F)cccc2F)nc1-c1ccc(F)cc1F. The largest absolute Gasteiger partial charge is 0.478 e. The van der Waals surface area contributed by atoms with Crippen LogP contribution in [-0.4, -0.2) is 45.3 Å². The second-order valence-electron chi connectivity index (χ2n) is 13.5. The van der Waals surface area contributed by atoms with Crippen LogP contribution in [0.3, 0.4) is 0 Å². The third kappa shape index (κ3) is 10.6. The maximum atomic E-state index is 14.7. The monoisotopic (exact) mass is 852 g/mol. The Kier molecular flexibility index (Phi) is 13.7. The fraction of sp³-hybridized carbons (Fsp3) is 0.140. The van der Waals surface area contributed by atoms with Crippen molar-refractivity contribution in [1.29, 1.82) is 0 Å². The van der Waals surface area contributed by atoms with Crippen molar-refractivity contribution in [3.05, 3.63) is 155 Å². The number of rotatable bonds is 9. The Morgan fingerprint density at radius 3 is 1.66 bits per heavy atom. The standard InChI is InChI=1S/C25H22F4N2O4.C18H10F4N2O2/c1-5-34-23(32)16-11-12-20(30-21(16)15-10-9-14(26)13-19(15)29)31(24(33)35-25(2,3)4)22-17(27)7-6-8-18(22)28;19-9-4-5-10(14(22)8-9)16-11(18(25)26)6-7-15(23-16)24-17-12(20)2-1-3-13(17)21/h6-13H,5H2,1-4H3;1-8H,(H,23,24)(H,25,26). The van der Waals surface area contributed by atoms with Crippen molar-refractivity contribution < 1.29 is 64.1 Å². The number of nitrogens with zero attached hydrogens (tertiary/aromatic N) is 3. The molecule has 0 saturated heterocycles. The Morgan fingerprint density at radius 2 is 1.16 bits per heavy atom. The van der Waals surface area contributed by atoms with E-state index in [2.05, 4.69) is 15.3 Å². The first-order valence-corrected chi connectivity index (χ1v) is 17.8. The van der Waals surface area contributed by atoms with Gasteiger partial charge in [-0.05, 0) is 100 Å². The van der Waals surface area contributed by atoms with Crippen LogP contribution < -0.4 is 10.2 Å². The first-order chi connectivity index (χ1) is 28.8. The number of halogens is 8. The van der Waals surface area contributed by atoms with Gasteiger partial charge in [0.05, 0.1) is 29.1 Å².